The zero-order chi connectivity index (χ0) is 13.7. The van der Waals surface area contributed by atoms with Gasteiger partial charge >= 0.3 is 0 Å². The fourth-order valence-corrected chi connectivity index (χ4v) is 3.16. The highest BCUT2D eigenvalue weighted by Gasteiger charge is 2.10. The summed E-state index contributed by atoms with van der Waals surface area (Å²) in [4.78, 5) is 4.21. The van der Waals surface area contributed by atoms with Gasteiger partial charge in [0.2, 0.25) is 0 Å². The van der Waals surface area contributed by atoms with E-state index in [-0.39, 0.29) is 0 Å². The first-order valence-electron chi connectivity index (χ1n) is 6.07. The van der Waals surface area contributed by atoms with E-state index in [0.717, 1.165) is 27.7 Å². The van der Waals surface area contributed by atoms with Gasteiger partial charge in [-0.3, -0.25) is 4.98 Å². The van der Waals surface area contributed by atoms with E-state index in [9.17, 15) is 0 Å². The normalized spacial score (nSPS) is 12.4. The first kappa shape index (κ1) is 15.0. The molecule has 19 heavy (non-hydrogen) atoms. The largest absolute Gasteiger partial charge is 0.263 e. The van der Waals surface area contributed by atoms with E-state index in [0.29, 0.717) is 5.92 Å². The van der Waals surface area contributed by atoms with E-state index in [2.05, 4.69) is 49.0 Å². The van der Waals surface area contributed by atoms with E-state index in [1.165, 1.54) is 11.1 Å². The second-order valence-corrected chi connectivity index (χ2v) is 6.57. The fraction of sp³-hybridized carbons (Fsp3) is 0.267. The number of nitrogens with zero attached hydrogens (tertiary/aromatic N) is 1. The highest BCUT2D eigenvalue weighted by atomic mass is 79.9. The summed E-state index contributed by atoms with van der Waals surface area (Å²) in [5, 5.41) is 1.77. The maximum atomic E-state index is 6.02. The van der Waals surface area contributed by atoms with Crippen molar-refractivity contribution in [3.63, 3.8) is 0 Å². The fourth-order valence-electron chi connectivity index (χ4n) is 2.08. The summed E-state index contributed by atoms with van der Waals surface area (Å²) in [5.41, 5.74) is 2.53. The molecule has 1 aromatic heterocycles. The van der Waals surface area contributed by atoms with E-state index in [4.69, 9.17) is 11.6 Å². The first-order chi connectivity index (χ1) is 9.17. The van der Waals surface area contributed by atoms with Gasteiger partial charge in [-0.25, -0.2) is 0 Å². The summed E-state index contributed by atoms with van der Waals surface area (Å²) in [7, 11) is 0. The van der Waals surface area contributed by atoms with Crippen molar-refractivity contribution < 1.29 is 0 Å². The summed E-state index contributed by atoms with van der Waals surface area (Å²) < 4.78 is 1.03. The van der Waals surface area contributed by atoms with Gasteiger partial charge in [0.15, 0.2) is 0 Å². The smallest absolute Gasteiger partial charge is 0.0410 e. The van der Waals surface area contributed by atoms with E-state index >= 15 is 0 Å². The molecule has 1 unspecified atom stereocenters. The van der Waals surface area contributed by atoms with Gasteiger partial charge < -0.3 is 0 Å². The van der Waals surface area contributed by atoms with Crippen LogP contribution in [-0.4, -0.2) is 10.3 Å². The van der Waals surface area contributed by atoms with Crippen molar-refractivity contribution in [1.29, 1.82) is 0 Å². The van der Waals surface area contributed by atoms with Gasteiger partial charge in [-0.05, 0) is 64.0 Å². The molecule has 0 amide bonds. The number of hydrogen-bond donors (Lipinski definition) is 0. The lowest BCUT2D eigenvalue weighted by molar-refractivity contribution is 0.590. The van der Waals surface area contributed by atoms with Crippen molar-refractivity contribution in [3.8, 4) is 0 Å². The van der Waals surface area contributed by atoms with Crippen LogP contribution >= 0.6 is 43.5 Å². The molecule has 0 fully saturated rings. The van der Waals surface area contributed by atoms with Crippen LogP contribution < -0.4 is 0 Å². The van der Waals surface area contributed by atoms with Gasteiger partial charge in [-0.1, -0.05) is 39.7 Å². The number of aromatic nitrogens is 1. The minimum absolute atomic E-state index is 0.537. The average Bonchev–Trinajstić information content (AvgIpc) is 2.38. The molecule has 100 valence electrons. The molecule has 0 bridgehead atoms. The topological polar surface area (TPSA) is 12.9 Å². The number of pyridine rings is 1. The summed E-state index contributed by atoms with van der Waals surface area (Å²) in [6.07, 6.45) is 5.75. The standard InChI is InChI=1S/C15H14Br2ClN/c16-8-12(4-11-2-1-3-15(18)7-11)5-13-6-14(17)10-19-9-13/h1-3,6-7,9-10,12H,4-5,8H2. The molecule has 0 spiro atoms. The molecule has 0 aliphatic rings. The summed E-state index contributed by atoms with van der Waals surface area (Å²) in [5.74, 6) is 0.537. The lowest BCUT2D eigenvalue weighted by Gasteiger charge is -2.14. The molecule has 0 aliphatic heterocycles. The second-order valence-electron chi connectivity index (χ2n) is 4.57. The Bertz CT molecular complexity index is 498. The Kier molecular flexibility index (Phi) is 5.86. The van der Waals surface area contributed by atoms with Gasteiger partial charge in [0.1, 0.15) is 0 Å². The molecule has 1 nitrogen and oxygen atoms in total. The number of benzene rings is 1. The quantitative estimate of drug-likeness (QED) is 0.618. The Morgan fingerprint density at radius 1 is 1.11 bits per heavy atom. The monoisotopic (exact) mass is 401 g/mol. The Labute approximate surface area is 135 Å². The van der Waals surface area contributed by atoms with Crippen LogP contribution in [0.15, 0.2) is 47.2 Å². The molecule has 2 rings (SSSR count). The number of rotatable bonds is 5. The average molecular weight is 404 g/mol. The van der Waals surface area contributed by atoms with Gasteiger partial charge in [0.05, 0.1) is 0 Å². The number of hydrogen-bond acceptors (Lipinski definition) is 1. The molecule has 0 saturated heterocycles. The Balaban J connectivity index is 2.04. The number of alkyl halides is 1. The first-order valence-corrected chi connectivity index (χ1v) is 8.36. The molecule has 2 aromatic rings. The van der Waals surface area contributed by atoms with Crippen LogP contribution in [0.2, 0.25) is 5.02 Å². The molecule has 1 heterocycles. The van der Waals surface area contributed by atoms with Gasteiger partial charge in [-0.2, -0.15) is 0 Å². The van der Waals surface area contributed by atoms with Crippen LogP contribution in [0.25, 0.3) is 0 Å². The third-order valence-electron chi connectivity index (χ3n) is 2.92. The lowest BCUT2D eigenvalue weighted by atomic mass is 9.95. The molecular formula is C15H14Br2ClN. The van der Waals surface area contributed by atoms with Crippen LogP contribution in [0.4, 0.5) is 0 Å². The molecule has 1 aromatic carbocycles. The van der Waals surface area contributed by atoms with Crippen molar-refractivity contribution in [2.24, 2.45) is 5.92 Å². The van der Waals surface area contributed by atoms with Crippen LogP contribution in [0.3, 0.4) is 0 Å². The SMILES string of the molecule is Clc1cccc(CC(CBr)Cc2cncc(Br)c2)c1. The third kappa shape index (κ3) is 4.90. The summed E-state index contributed by atoms with van der Waals surface area (Å²) in [6, 6.07) is 10.2. The zero-order valence-electron chi connectivity index (χ0n) is 10.3. The molecule has 0 N–H and O–H groups in total. The highest BCUT2D eigenvalue weighted by Crippen LogP contribution is 2.20. The zero-order valence-corrected chi connectivity index (χ0v) is 14.2. The molecular weight excluding hydrogens is 389 g/mol. The Hall–Kier alpha value is -0.380. The minimum Gasteiger partial charge on any atom is -0.263 e. The highest BCUT2D eigenvalue weighted by molar-refractivity contribution is 9.10. The van der Waals surface area contributed by atoms with E-state index in [1.807, 2.05) is 30.6 Å². The predicted molar refractivity (Wildman–Crippen MR) is 88.1 cm³/mol. The summed E-state index contributed by atoms with van der Waals surface area (Å²) in [6.45, 7) is 0. The molecule has 4 heteroatoms. The van der Waals surface area contributed by atoms with Crippen molar-refractivity contribution in [1.82, 2.24) is 4.98 Å². The maximum absolute atomic E-state index is 6.02. The van der Waals surface area contributed by atoms with Crippen LogP contribution in [-0.2, 0) is 12.8 Å². The third-order valence-corrected chi connectivity index (χ3v) is 4.50. The van der Waals surface area contributed by atoms with Crippen molar-refractivity contribution in [3.05, 3.63) is 63.3 Å². The predicted octanol–water partition coefficient (Wildman–Crippen LogP) is 5.29. The van der Waals surface area contributed by atoms with Crippen LogP contribution in [0.5, 0.6) is 0 Å². The van der Waals surface area contributed by atoms with E-state index < -0.39 is 0 Å². The molecule has 0 aliphatic carbocycles. The number of halogens is 3. The van der Waals surface area contributed by atoms with E-state index in [1.54, 1.807) is 0 Å². The maximum Gasteiger partial charge on any atom is 0.0410 e. The minimum atomic E-state index is 0.537. The van der Waals surface area contributed by atoms with Gasteiger partial charge in [0.25, 0.3) is 0 Å². The lowest BCUT2D eigenvalue weighted by Crippen LogP contribution is -2.10. The van der Waals surface area contributed by atoms with Gasteiger partial charge in [0, 0.05) is 27.2 Å². The molecule has 0 saturated carbocycles. The summed E-state index contributed by atoms with van der Waals surface area (Å²) >= 11 is 13.1. The molecule has 0 radical (unpaired) electrons. The van der Waals surface area contributed by atoms with Crippen molar-refractivity contribution in [2.75, 3.05) is 5.33 Å². The van der Waals surface area contributed by atoms with Crippen molar-refractivity contribution >= 4 is 43.5 Å². The van der Waals surface area contributed by atoms with Crippen molar-refractivity contribution in [2.45, 2.75) is 12.8 Å². The molecule has 1 atom stereocenters. The Morgan fingerprint density at radius 2 is 1.89 bits per heavy atom. The second kappa shape index (κ2) is 7.41. The Morgan fingerprint density at radius 3 is 2.58 bits per heavy atom. The van der Waals surface area contributed by atoms with Crippen LogP contribution in [0.1, 0.15) is 11.1 Å². The van der Waals surface area contributed by atoms with Gasteiger partial charge in [-0.15, -0.1) is 0 Å². The van der Waals surface area contributed by atoms with Crippen LogP contribution in [0, 0.1) is 5.92 Å².